The Bertz CT molecular complexity index is 535. The van der Waals surface area contributed by atoms with Gasteiger partial charge in [0.1, 0.15) is 17.2 Å². The third-order valence-electron chi connectivity index (χ3n) is 2.41. The summed E-state index contributed by atoms with van der Waals surface area (Å²) in [6, 6.07) is 1.21. The lowest BCUT2D eigenvalue weighted by atomic mass is 10.4. The van der Waals surface area contributed by atoms with Gasteiger partial charge in [-0.15, -0.1) is 0 Å². The number of hydrogen-bond donors (Lipinski definition) is 1. The van der Waals surface area contributed by atoms with Crippen LogP contribution in [0.15, 0.2) is 17.2 Å². The molecule has 7 nitrogen and oxygen atoms in total. The predicted octanol–water partition coefficient (Wildman–Crippen LogP) is 0.349. The van der Waals surface area contributed by atoms with E-state index < -0.39 is 16.0 Å². The third-order valence-corrected chi connectivity index (χ3v) is 3.30. The van der Waals surface area contributed by atoms with Crippen LogP contribution in [0.4, 0.5) is 0 Å². The maximum atomic E-state index is 11.8. The lowest BCUT2D eigenvalue weighted by Gasteiger charge is -2.06. The standard InChI is InChI=1S/C11H18N2O5S/c1-3-13-8-9(19(12,15)16)7-10(13)11(14)18-6-5-17-4-2/h7-8H,3-6H2,1-2H3,(H2,12,15,16). The summed E-state index contributed by atoms with van der Waals surface area (Å²) in [5.41, 5.74) is 0.156. The van der Waals surface area contributed by atoms with Gasteiger partial charge in [0.2, 0.25) is 10.0 Å². The number of carbonyl (C=O) groups is 1. The van der Waals surface area contributed by atoms with Gasteiger partial charge in [0.05, 0.1) is 6.61 Å². The highest BCUT2D eigenvalue weighted by molar-refractivity contribution is 7.89. The second-order valence-corrected chi connectivity index (χ2v) is 5.29. The zero-order valence-corrected chi connectivity index (χ0v) is 11.8. The SMILES string of the molecule is CCOCCOC(=O)c1cc(S(N)(=O)=O)cn1CC. The van der Waals surface area contributed by atoms with Gasteiger partial charge in [0.15, 0.2) is 0 Å². The predicted molar refractivity (Wildman–Crippen MR) is 68.3 cm³/mol. The number of rotatable bonds is 7. The first-order chi connectivity index (χ1) is 8.90. The van der Waals surface area contributed by atoms with Crippen molar-refractivity contribution in [2.45, 2.75) is 25.3 Å². The van der Waals surface area contributed by atoms with Crippen LogP contribution in [0, 0.1) is 0 Å². The summed E-state index contributed by atoms with van der Waals surface area (Å²) in [5, 5.41) is 5.02. The Balaban J connectivity index is 2.81. The number of primary sulfonamides is 1. The fourth-order valence-corrected chi connectivity index (χ4v) is 2.03. The van der Waals surface area contributed by atoms with E-state index in [9.17, 15) is 13.2 Å². The van der Waals surface area contributed by atoms with Gasteiger partial charge in [0.25, 0.3) is 0 Å². The van der Waals surface area contributed by atoms with E-state index in [-0.39, 0.29) is 17.2 Å². The summed E-state index contributed by atoms with van der Waals surface area (Å²) in [5.74, 6) is -0.601. The second-order valence-electron chi connectivity index (χ2n) is 3.72. The molecule has 108 valence electrons. The summed E-state index contributed by atoms with van der Waals surface area (Å²) in [6.07, 6.45) is 1.31. The van der Waals surface area contributed by atoms with Gasteiger partial charge in [0, 0.05) is 19.3 Å². The molecule has 0 amide bonds. The topological polar surface area (TPSA) is 101 Å². The smallest absolute Gasteiger partial charge is 0.355 e. The monoisotopic (exact) mass is 290 g/mol. The van der Waals surface area contributed by atoms with Crippen molar-refractivity contribution in [3.05, 3.63) is 18.0 Å². The van der Waals surface area contributed by atoms with E-state index in [0.717, 1.165) is 0 Å². The molecule has 19 heavy (non-hydrogen) atoms. The molecular weight excluding hydrogens is 272 g/mol. The minimum Gasteiger partial charge on any atom is -0.459 e. The molecule has 0 saturated carbocycles. The first kappa shape index (κ1) is 15.7. The van der Waals surface area contributed by atoms with Crippen LogP contribution in [0.2, 0.25) is 0 Å². The molecule has 0 unspecified atom stereocenters. The van der Waals surface area contributed by atoms with E-state index in [4.69, 9.17) is 14.6 Å². The fourth-order valence-electron chi connectivity index (χ4n) is 1.48. The Morgan fingerprint density at radius 3 is 2.58 bits per heavy atom. The van der Waals surface area contributed by atoms with Crippen molar-refractivity contribution in [3.63, 3.8) is 0 Å². The van der Waals surface area contributed by atoms with Gasteiger partial charge in [-0.2, -0.15) is 0 Å². The molecular formula is C11H18N2O5S. The summed E-state index contributed by atoms with van der Waals surface area (Å²) >= 11 is 0. The molecule has 0 saturated heterocycles. The number of nitrogens with two attached hydrogens (primary N) is 1. The number of esters is 1. The van der Waals surface area contributed by atoms with Crippen LogP contribution < -0.4 is 5.14 Å². The lowest BCUT2D eigenvalue weighted by molar-refractivity contribution is 0.0325. The summed E-state index contributed by atoms with van der Waals surface area (Å²) in [4.78, 5) is 11.7. The van der Waals surface area contributed by atoms with E-state index in [1.165, 1.54) is 16.8 Å². The Kier molecular flexibility index (Phi) is 5.52. The van der Waals surface area contributed by atoms with E-state index in [1.54, 1.807) is 6.92 Å². The van der Waals surface area contributed by atoms with E-state index >= 15 is 0 Å². The highest BCUT2D eigenvalue weighted by atomic mass is 32.2. The third kappa shape index (κ3) is 4.34. The van der Waals surface area contributed by atoms with Crippen molar-refractivity contribution in [1.82, 2.24) is 4.57 Å². The maximum Gasteiger partial charge on any atom is 0.355 e. The zero-order valence-electron chi connectivity index (χ0n) is 11.0. The Hall–Kier alpha value is -1.38. The van der Waals surface area contributed by atoms with Gasteiger partial charge >= 0.3 is 5.97 Å². The van der Waals surface area contributed by atoms with Crippen LogP contribution in [0.5, 0.6) is 0 Å². The first-order valence-electron chi connectivity index (χ1n) is 5.88. The summed E-state index contributed by atoms with van der Waals surface area (Å²) < 4.78 is 33.9. The van der Waals surface area contributed by atoms with Gasteiger partial charge in [-0.1, -0.05) is 0 Å². The summed E-state index contributed by atoms with van der Waals surface area (Å²) in [7, 11) is -3.83. The molecule has 8 heteroatoms. The van der Waals surface area contributed by atoms with Crippen molar-refractivity contribution >= 4 is 16.0 Å². The van der Waals surface area contributed by atoms with Gasteiger partial charge < -0.3 is 14.0 Å². The summed E-state index contributed by atoms with van der Waals surface area (Å²) in [6.45, 7) is 5.01. The van der Waals surface area contributed by atoms with E-state index in [0.29, 0.717) is 19.8 Å². The van der Waals surface area contributed by atoms with E-state index in [1.807, 2.05) is 6.92 Å². The van der Waals surface area contributed by atoms with Crippen LogP contribution in [-0.2, 0) is 26.0 Å². The minimum atomic E-state index is -3.83. The fraction of sp³-hybridized carbons (Fsp3) is 0.545. The van der Waals surface area contributed by atoms with Crippen LogP contribution in [-0.4, -0.2) is 38.8 Å². The van der Waals surface area contributed by atoms with Gasteiger partial charge in [-0.05, 0) is 19.9 Å². The number of sulfonamides is 1. The van der Waals surface area contributed by atoms with Crippen LogP contribution in [0.25, 0.3) is 0 Å². The molecule has 1 rings (SSSR count). The molecule has 0 aromatic carbocycles. The van der Waals surface area contributed by atoms with Crippen molar-refractivity contribution < 1.29 is 22.7 Å². The molecule has 0 spiro atoms. The van der Waals surface area contributed by atoms with Crippen molar-refractivity contribution in [1.29, 1.82) is 0 Å². The average molecular weight is 290 g/mol. The molecule has 0 aliphatic heterocycles. The molecule has 0 atom stereocenters. The quantitative estimate of drug-likeness (QED) is 0.577. The number of carbonyl (C=O) groups excluding carboxylic acids is 1. The second kappa shape index (κ2) is 6.69. The Labute approximate surface area is 112 Å². The number of aryl methyl sites for hydroxylation is 1. The van der Waals surface area contributed by atoms with Crippen molar-refractivity contribution in [2.24, 2.45) is 5.14 Å². The molecule has 1 aromatic rings. The molecule has 0 radical (unpaired) electrons. The van der Waals surface area contributed by atoms with Crippen LogP contribution >= 0.6 is 0 Å². The minimum absolute atomic E-state index is 0.105. The molecule has 0 aliphatic carbocycles. The van der Waals surface area contributed by atoms with Crippen LogP contribution in [0.3, 0.4) is 0 Å². The molecule has 1 aromatic heterocycles. The highest BCUT2D eigenvalue weighted by Crippen LogP contribution is 2.14. The number of hydrogen-bond acceptors (Lipinski definition) is 5. The molecule has 1 heterocycles. The Morgan fingerprint density at radius 2 is 2.05 bits per heavy atom. The maximum absolute atomic E-state index is 11.8. The first-order valence-corrected chi connectivity index (χ1v) is 7.42. The molecule has 0 fully saturated rings. The van der Waals surface area contributed by atoms with Crippen molar-refractivity contribution in [3.8, 4) is 0 Å². The largest absolute Gasteiger partial charge is 0.459 e. The number of nitrogens with zero attached hydrogens (tertiary/aromatic N) is 1. The highest BCUT2D eigenvalue weighted by Gasteiger charge is 2.19. The normalized spacial score (nSPS) is 11.5. The van der Waals surface area contributed by atoms with Gasteiger partial charge in [-0.3, -0.25) is 0 Å². The van der Waals surface area contributed by atoms with Crippen molar-refractivity contribution in [2.75, 3.05) is 19.8 Å². The van der Waals surface area contributed by atoms with E-state index in [2.05, 4.69) is 0 Å². The van der Waals surface area contributed by atoms with Gasteiger partial charge in [-0.25, -0.2) is 18.4 Å². The average Bonchev–Trinajstić information content (AvgIpc) is 2.78. The molecule has 0 bridgehead atoms. The molecule has 2 N–H and O–H groups in total. The number of ether oxygens (including phenoxy) is 2. The van der Waals surface area contributed by atoms with Crippen LogP contribution in [0.1, 0.15) is 24.3 Å². The Morgan fingerprint density at radius 1 is 1.37 bits per heavy atom. The lowest BCUT2D eigenvalue weighted by Crippen LogP contribution is -2.14. The molecule has 0 aliphatic rings. The number of aromatic nitrogens is 1. The zero-order chi connectivity index (χ0) is 14.5.